The van der Waals surface area contributed by atoms with Crippen LogP contribution in [0, 0.1) is 0 Å². The van der Waals surface area contributed by atoms with Crippen molar-refractivity contribution in [3.05, 3.63) is 52.4 Å². The number of rotatable bonds is 8. The Morgan fingerprint density at radius 3 is 2.41 bits per heavy atom. The van der Waals surface area contributed by atoms with Crippen LogP contribution in [0.3, 0.4) is 0 Å². The molecular formula is C21H22ClN3O5S2. The highest BCUT2D eigenvalue weighted by molar-refractivity contribution is 7.89. The predicted molar refractivity (Wildman–Crippen MR) is 126 cm³/mol. The molecule has 8 nitrogen and oxygen atoms in total. The molecule has 0 aliphatic rings. The number of carbonyl (C=O) groups excluding carboxylic acids is 1. The Morgan fingerprint density at radius 2 is 1.78 bits per heavy atom. The fourth-order valence-corrected chi connectivity index (χ4v) is 5.28. The van der Waals surface area contributed by atoms with Crippen molar-refractivity contribution in [3.8, 4) is 22.8 Å². The highest BCUT2D eigenvalue weighted by Crippen LogP contribution is 2.32. The number of halogens is 1. The van der Waals surface area contributed by atoms with Gasteiger partial charge in [-0.25, -0.2) is 18.1 Å². The Morgan fingerprint density at radius 1 is 1.09 bits per heavy atom. The van der Waals surface area contributed by atoms with Crippen LogP contribution in [0.4, 0.5) is 5.13 Å². The number of aromatic nitrogens is 1. The third-order valence-corrected chi connectivity index (χ3v) is 7.01. The van der Waals surface area contributed by atoms with Gasteiger partial charge in [-0.05, 0) is 50.2 Å². The molecule has 0 radical (unpaired) electrons. The van der Waals surface area contributed by atoms with Gasteiger partial charge >= 0.3 is 0 Å². The van der Waals surface area contributed by atoms with E-state index in [1.165, 1.54) is 43.8 Å². The minimum Gasteiger partial charge on any atom is -0.495 e. The zero-order valence-electron chi connectivity index (χ0n) is 17.8. The van der Waals surface area contributed by atoms with E-state index < -0.39 is 15.9 Å². The summed E-state index contributed by atoms with van der Waals surface area (Å²) in [6.45, 7) is 3.41. The molecule has 3 rings (SSSR count). The van der Waals surface area contributed by atoms with Gasteiger partial charge in [0.05, 0.1) is 24.9 Å². The number of hydrogen-bond acceptors (Lipinski definition) is 7. The number of methoxy groups -OCH3 is 2. The summed E-state index contributed by atoms with van der Waals surface area (Å²) in [7, 11) is -0.963. The number of ether oxygens (including phenoxy) is 2. The van der Waals surface area contributed by atoms with Crippen molar-refractivity contribution in [2.24, 2.45) is 0 Å². The number of benzene rings is 2. The largest absolute Gasteiger partial charge is 0.495 e. The van der Waals surface area contributed by atoms with Crippen LogP contribution in [-0.2, 0) is 10.0 Å². The second kappa shape index (κ2) is 9.86. The summed E-state index contributed by atoms with van der Waals surface area (Å²) >= 11 is 7.41. The van der Waals surface area contributed by atoms with E-state index in [1.54, 1.807) is 31.4 Å². The Hall–Kier alpha value is -2.66. The lowest BCUT2D eigenvalue weighted by Crippen LogP contribution is -2.30. The highest BCUT2D eigenvalue weighted by atomic mass is 35.5. The normalized spacial score (nSPS) is 11.4. The summed E-state index contributed by atoms with van der Waals surface area (Å²) in [6, 6.07) is 9.16. The van der Waals surface area contributed by atoms with E-state index in [0.29, 0.717) is 21.6 Å². The van der Waals surface area contributed by atoms with Crippen LogP contribution in [-0.4, -0.2) is 39.6 Å². The lowest BCUT2D eigenvalue weighted by atomic mass is 10.2. The number of thiazole rings is 1. The molecule has 2 aromatic carbocycles. The number of anilines is 1. The number of nitrogens with one attached hydrogen (secondary N) is 2. The molecular weight excluding hydrogens is 474 g/mol. The van der Waals surface area contributed by atoms with Crippen LogP contribution in [0.1, 0.15) is 24.2 Å². The molecule has 1 aromatic heterocycles. The number of amides is 1. The second-order valence-corrected chi connectivity index (χ2v) is 9.93. The Bertz CT molecular complexity index is 1240. The maximum Gasteiger partial charge on any atom is 0.257 e. The van der Waals surface area contributed by atoms with E-state index in [-0.39, 0.29) is 22.3 Å². The summed E-state index contributed by atoms with van der Waals surface area (Å²) in [5.74, 6) is 0.196. The van der Waals surface area contributed by atoms with Gasteiger partial charge in [0.2, 0.25) is 10.0 Å². The first-order chi connectivity index (χ1) is 15.1. The standard InChI is InChI=1S/C21H22ClN3O5S2/c1-12(2)25-32(27,28)19-10-14(6-8-18(19)30-4)20(26)24-21-23-16(11-31-21)13-5-7-17(29-3)15(22)9-13/h5-12,25H,1-4H3,(H,23,24,26). The van der Waals surface area contributed by atoms with E-state index in [1.807, 2.05) is 6.07 Å². The van der Waals surface area contributed by atoms with Crippen LogP contribution in [0.15, 0.2) is 46.7 Å². The van der Waals surface area contributed by atoms with Crippen molar-refractivity contribution >= 4 is 44.0 Å². The molecule has 0 bridgehead atoms. The fourth-order valence-electron chi connectivity index (χ4n) is 2.86. The SMILES string of the molecule is COc1ccc(-c2csc(NC(=O)c3ccc(OC)c(S(=O)(=O)NC(C)C)c3)n2)cc1Cl. The summed E-state index contributed by atoms with van der Waals surface area (Å²) in [6.07, 6.45) is 0. The van der Waals surface area contributed by atoms with E-state index in [2.05, 4.69) is 15.0 Å². The quantitative estimate of drug-likeness (QED) is 0.479. The third kappa shape index (κ3) is 5.39. The van der Waals surface area contributed by atoms with Gasteiger partial charge in [0.1, 0.15) is 16.4 Å². The van der Waals surface area contributed by atoms with Crippen molar-refractivity contribution in [1.82, 2.24) is 9.71 Å². The van der Waals surface area contributed by atoms with Crippen molar-refractivity contribution < 1.29 is 22.7 Å². The van der Waals surface area contributed by atoms with Crippen molar-refractivity contribution in [2.45, 2.75) is 24.8 Å². The Kier molecular flexibility index (Phi) is 7.40. The maximum atomic E-state index is 12.8. The van der Waals surface area contributed by atoms with Gasteiger partial charge in [-0.1, -0.05) is 11.6 Å². The van der Waals surface area contributed by atoms with Crippen LogP contribution in [0.25, 0.3) is 11.3 Å². The first-order valence-electron chi connectivity index (χ1n) is 9.45. The lowest BCUT2D eigenvalue weighted by Gasteiger charge is -2.14. The molecule has 11 heteroatoms. The average Bonchev–Trinajstić information content (AvgIpc) is 3.20. The molecule has 0 saturated heterocycles. The van der Waals surface area contributed by atoms with Gasteiger partial charge in [0, 0.05) is 22.5 Å². The molecule has 0 fully saturated rings. The molecule has 0 spiro atoms. The third-order valence-electron chi connectivity index (χ3n) is 4.28. The zero-order valence-corrected chi connectivity index (χ0v) is 20.2. The molecule has 1 heterocycles. The smallest absolute Gasteiger partial charge is 0.257 e. The molecule has 170 valence electrons. The monoisotopic (exact) mass is 495 g/mol. The van der Waals surface area contributed by atoms with Crippen molar-refractivity contribution in [1.29, 1.82) is 0 Å². The molecule has 0 aliphatic carbocycles. The van der Waals surface area contributed by atoms with Crippen LogP contribution >= 0.6 is 22.9 Å². The van der Waals surface area contributed by atoms with Gasteiger partial charge in [-0.15, -0.1) is 11.3 Å². The first-order valence-corrected chi connectivity index (χ1v) is 12.2. The molecule has 1 amide bonds. The lowest BCUT2D eigenvalue weighted by molar-refractivity contribution is 0.102. The topological polar surface area (TPSA) is 107 Å². The molecule has 0 aliphatic heterocycles. The number of nitrogens with zero attached hydrogens (tertiary/aromatic N) is 1. The number of hydrogen-bond donors (Lipinski definition) is 2. The van der Waals surface area contributed by atoms with Gasteiger partial charge in [0.15, 0.2) is 5.13 Å². The van der Waals surface area contributed by atoms with Crippen molar-refractivity contribution in [3.63, 3.8) is 0 Å². The predicted octanol–water partition coefficient (Wildman–Crippen LogP) is 4.42. The number of carbonyl (C=O) groups is 1. The first kappa shape index (κ1) is 24.0. The number of sulfonamides is 1. The second-order valence-electron chi connectivity index (χ2n) is 6.98. The minimum absolute atomic E-state index is 0.117. The highest BCUT2D eigenvalue weighted by Gasteiger charge is 2.23. The van der Waals surface area contributed by atoms with Gasteiger partial charge in [-0.3, -0.25) is 10.1 Å². The minimum atomic E-state index is -3.86. The van der Waals surface area contributed by atoms with Crippen LogP contribution < -0.4 is 19.5 Å². The van der Waals surface area contributed by atoms with E-state index in [9.17, 15) is 13.2 Å². The van der Waals surface area contributed by atoms with Crippen LogP contribution in [0.2, 0.25) is 5.02 Å². The zero-order chi connectivity index (χ0) is 23.5. The molecule has 0 atom stereocenters. The van der Waals surface area contributed by atoms with Gasteiger partial charge in [0.25, 0.3) is 5.91 Å². The van der Waals surface area contributed by atoms with Crippen LogP contribution in [0.5, 0.6) is 11.5 Å². The maximum absolute atomic E-state index is 12.8. The van der Waals surface area contributed by atoms with Crippen molar-refractivity contribution in [2.75, 3.05) is 19.5 Å². The average molecular weight is 496 g/mol. The van der Waals surface area contributed by atoms with E-state index >= 15 is 0 Å². The molecule has 3 aromatic rings. The van der Waals surface area contributed by atoms with E-state index in [0.717, 1.165) is 5.56 Å². The summed E-state index contributed by atoms with van der Waals surface area (Å²) < 4.78 is 38.1. The molecule has 2 N–H and O–H groups in total. The Balaban J connectivity index is 1.84. The fraction of sp³-hybridized carbons (Fsp3) is 0.238. The van der Waals surface area contributed by atoms with E-state index in [4.69, 9.17) is 21.1 Å². The Labute approximate surface area is 195 Å². The summed E-state index contributed by atoms with van der Waals surface area (Å²) in [4.78, 5) is 17.1. The summed E-state index contributed by atoms with van der Waals surface area (Å²) in [5.41, 5.74) is 1.55. The molecule has 0 unspecified atom stereocenters. The van der Waals surface area contributed by atoms with Gasteiger partial charge in [-0.2, -0.15) is 0 Å². The molecule has 32 heavy (non-hydrogen) atoms. The van der Waals surface area contributed by atoms with Gasteiger partial charge < -0.3 is 9.47 Å². The molecule has 0 saturated carbocycles. The summed E-state index contributed by atoms with van der Waals surface area (Å²) in [5, 5.41) is 5.29.